The van der Waals surface area contributed by atoms with E-state index in [0.29, 0.717) is 17.5 Å². The number of fused-ring (bicyclic) bond motifs is 2. The van der Waals surface area contributed by atoms with Crippen molar-refractivity contribution in [3.63, 3.8) is 0 Å². The van der Waals surface area contributed by atoms with Crippen LogP contribution in [0.4, 0.5) is 17.1 Å². The van der Waals surface area contributed by atoms with Crippen molar-refractivity contribution < 1.29 is 0 Å². The summed E-state index contributed by atoms with van der Waals surface area (Å²) < 4.78 is 0. The van der Waals surface area contributed by atoms with Crippen molar-refractivity contribution in [3.05, 3.63) is 216 Å². The Labute approximate surface area is 352 Å². The van der Waals surface area contributed by atoms with Gasteiger partial charge in [-0.1, -0.05) is 172 Å². The molecule has 1 aromatic heterocycles. The van der Waals surface area contributed by atoms with Gasteiger partial charge in [0.25, 0.3) is 0 Å². The van der Waals surface area contributed by atoms with Gasteiger partial charge >= 0.3 is 0 Å². The minimum Gasteiger partial charge on any atom is -0.310 e. The van der Waals surface area contributed by atoms with E-state index < -0.39 is 0 Å². The number of aryl methyl sites for hydroxylation is 1. The molecule has 0 atom stereocenters. The maximum absolute atomic E-state index is 5.24. The van der Waals surface area contributed by atoms with Gasteiger partial charge in [-0.25, -0.2) is 15.0 Å². The summed E-state index contributed by atoms with van der Waals surface area (Å²) >= 11 is 0. The first-order valence-electron chi connectivity index (χ1n) is 20.6. The quantitative estimate of drug-likeness (QED) is 0.162. The van der Waals surface area contributed by atoms with E-state index in [1.807, 2.05) is 18.2 Å². The summed E-state index contributed by atoms with van der Waals surface area (Å²) in [5, 5.41) is 0. The number of anilines is 3. The van der Waals surface area contributed by atoms with Crippen LogP contribution in [0.25, 0.3) is 67.5 Å². The highest BCUT2D eigenvalue weighted by molar-refractivity contribution is 5.94. The number of rotatable bonds is 7. The number of para-hydroxylation sites is 2. The van der Waals surface area contributed by atoms with Crippen LogP contribution in [0.15, 0.2) is 194 Å². The zero-order valence-corrected chi connectivity index (χ0v) is 34.3. The minimum absolute atomic E-state index is 0.123. The van der Waals surface area contributed by atoms with Gasteiger partial charge in [-0.2, -0.15) is 0 Å². The monoisotopic (exact) mass is 772 g/mol. The summed E-state index contributed by atoms with van der Waals surface area (Å²) in [5.74, 6) is 1.91. The SMILES string of the molecule is Cc1ccccc1-c1ccccc1-c1ccccc1-c1cccc(-c2nc(-c3ccccc3)nc(-c3ccc(N4c5ccccc5C(C)(C)c5ccccc54)cc3)n2)c1C. The third-order valence-corrected chi connectivity index (χ3v) is 12.1. The van der Waals surface area contributed by atoms with Crippen molar-refractivity contribution in [1.82, 2.24) is 15.0 Å². The first-order chi connectivity index (χ1) is 29.4. The number of hydrogen-bond donors (Lipinski definition) is 0. The van der Waals surface area contributed by atoms with E-state index in [-0.39, 0.29) is 5.41 Å². The predicted octanol–water partition coefficient (Wildman–Crippen LogP) is 14.6. The van der Waals surface area contributed by atoms with Crippen LogP contribution in [-0.2, 0) is 5.41 Å². The lowest BCUT2D eigenvalue weighted by molar-refractivity contribution is 0.632. The van der Waals surface area contributed by atoms with Gasteiger partial charge in [0.15, 0.2) is 17.5 Å². The second-order valence-electron chi connectivity index (χ2n) is 16.1. The predicted molar refractivity (Wildman–Crippen MR) is 249 cm³/mol. The molecule has 0 fully saturated rings. The average Bonchev–Trinajstić information content (AvgIpc) is 3.30. The van der Waals surface area contributed by atoms with Crippen molar-refractivity contribution >= 4 is 17.1 Å². The molecule has 0 aliphatic carbocycles. The lowest BCUT2D eigenvalue weighted by Gasteiger charge is -2.42. The summed E-state index contributed by atoms with van der Waals surface area (Å²) in [6.07, 6.45) is 0. The molecule has 4 nitrogen and oxygen atoms in total. The third-order valence-electron chi connectivity index (χ3n) is 12.1. The van der Waals surface area contributed by atoms with Gasteiger partial charge in [0.05, 0.1) is 11.4 Å². The largest absolute Gasteiger partial charge is 0.310 e. The molecule has 8 aromatic carbocycles. The number of aromatic nitrogens is 3. The van der Waals surface area contributed by atoms with Crippen LogP contribution in [0.5, 0.6) is 0 Å². The lowest BCUT2D eigenvalue weighted by atomic mass is 9.73. The summed E-state index contributed by atoms with van der Waals surface area (Å²) in [5.41, 5.74) is 18.3. The molecular formula is C56H44N4. The molecule has 0 radical (unpaired) electrons. The average molecular weight is 773 g/mol. The second kappa shape index (κ2) is 15.1. The molecule has 9 aromatic rings. The first kappa shape index (κ1) is 36.9. The number of nitrogens with zero attached hydrogens (tertiary/aromatic N) is 4. The van der Waals surface area contributed by atoms with Crippen LogP contribution in [0.2, 0.25) is 0 Å². The Balaban J connectivity index is 1.08. The van der Waals surface area contributed by atoms with Gasteiger partial charge in [0.1, 0.15) is 0 Å². The molecule has 0 N–H and O–H groups in total. The molecule has 0 saturated heterocycles. The van der Waals surface area contributed by atoms with Crippen LogP contribution in [0, 0.1) is 13.8 Å². The van der Waals surface area contributed by atoms with E-state index in [4.69, 9.17) is 15.0 Å². The molecule has 1 aliphatic rings. The minimum atomic E-state index is -0.123. The first-order valence-corrected chi connectivity index (χ1v) is 20.6. The maximum atomic E-state index is 5.24. The van der Waals surface area contributed by atoms with Gasteiger partial charge in [0.2, 0.25) is 0 Å². The Bertz CT molecular complexity index is 2990. The van der Waals surface area contributed by atoms with Crippen molar-refractivity contribution in [2.24, 2.45) is 0 Å². The van der Waals surface area contributed by atoms with Gasteiger partial charge in [-0.3, -0.25) is 0 Å². The van der Waals surface area contributed by atoms with Gasteiger partial charge in [-0.15, -0.1) is 0 Å². The van der Waals surface area contributed by atoms with Crippen LogP contribution >= 0.6 is 0 Å². The standard InChI is InChI=1S/C56H44N4/c1-37-19-8-9-22-42(37)45-23-10-12-25-47(45)48-26-13-11-24-46(48)43-27-18-28-44(38(43)2)55-58-53(39-20-6-5-7-21-39)57-54(59-55)40-33-35-41(36-34-40)60-51-31-16-14-29-49(51)56(3,4)50-30-15-17-32-52(50)60/h5-36H,1-4H3. The van der Waals surface area contributed by atoms with Gasteiger partial charge in [0, 0.05) is 27.8 Å². The van der Waals surface area contributed by atoms with Crippen molar-refractivity contribution in [2.45, 2.75) is 33.1 Å². The van der Waals surface area contributed by atoms with E-state index in [2.05, 4.69) is 209 Å². The molecule has 10 rings (SSSR count). The summed E-state index contributed by atoms with van der Waals surface area (Å²) in [6, 6.07) is 68.9. The summed E-state index contributed by atoms with van der Waals surface area (Å²) in [4.78, 5) is 17.9. The molecule has 0 bridgehead atoms. The van der Waals surface area contributed by atoms with Gasteiger partial charge < -0.3 is 4.90 Å². The van der Waals surface area contributed by atoms with Crippen molar-refractivity contribution in [1.29, 1.82) is 0 Å². The maximum Gasteiger partial charge on any atom is 0.164 e. The Hall–Kier alpha value is -7.43. The van der Waals surface area contributed by atoms with E-state index in [1.54, 1.807) is 0 Å². The highest BCUT2D eigenvalue weighted by Crippen LogP contribution is 2.51. The summed E-state index contributed by atoms with van der Waals surface area (Å²) in [7, 11) is 0. The number of benzene rings is 8. The van der Waals surface area contributed by atoms with Gasteiger partial charge in [-0.05, 0) is 106 Å². The molecule has 288 valence electrons. The van der Waals surface area contributed by atoms with E-state index in [9.17, 15) is 0 Å². The van der Waals surface area contributed by atoms with Crippen LogP contribution < -0.4 is 4.90 Å². The Morgan fingerprint density at radius 3 is 1.35 bits per heavy atom. The normalized spacial score (nSPS) is 12.8. The molecule has 2 heterocycles. The zero-order valence-electron chi connectivity index (χ0n) is 34.3. The summed E-state index contributed by atoms with van der Waals surface area (Å²) in [6.45, 7) is 9.00. The van der Waals surface area contributed by atoms with E-state index >= 15 is 0 Å². The van der Waals surface area contributed by atoms with Crippen LogP contribution in [-0.4, -0.2) is 15.0 Å². The third kappa shape index (κ3) is 6.38. The lowest BCUT2D eigenvalue weighted by Crippen LogP contribution is -2.30. The topological polar surface area (TPSA) is 41.9 Å². The molecule has 0 spiro atoms. The Morgan fingerprint density at radius 1 is 0.350 bits per heavy atom. The molecule has 0 amide bonds. The van der Waals surface area contributed by atoms with Crippen LogP contribution in [0.3, 0.4) is 0 Å². The van der Waals surface area contributed by atoms with Crippen LogP contribution in [0.1, 0.15) is 36.1 Å². The fourth-order valence-electron chi connectivity index (χ4n) is 9.00. The second-order valence-corrected chi connectivity index (χ2v) is 16.1. The molecule has 1 aliphatic heterocycles. The van der Waals surface area contributed by atoms with Crippen molar-refractivity contribution in [2.75, 3.05) is 4.90 Å². The smallest absolute Gasteiger partial charge is 0.164 e. The Morgan fingerprint density at radius 2 is 0.767 bits per heavy atom. The molecular weight excluding hydrogens is 729 g/mol. The fraction of sp³-hybridized carbons (Fsp3) is 0.0893. The van der Waals surface area contributed by atoms with Crippen molar-refractivity contribution in [3.8, 4) is 67.5 Å². The fourth-order valence-corrected chi connectivity index (χ4v) is 9.00. The molecule has 0 saturated carbocycles. The van der Waals surface area contributed by atoms with E-state index in [1.165, 1.54) is 50.3 Å². The van der Waals surface area contributed by atoms with E-state index in [0.717, 1.165) is 39.1 Å². The zero-order chi connectivity index (χ0) is 40.8. The highest BCUT2D eigenvalue weighted by atomic mass is 15.2. The molecule has 4 heteroatoms. The molecule has 0 unspecified atom stereocenters. The number of hydrogen-bond acceptors (Lipinski definition) is 4. The molecule has 60 heavy (non-hydrogen) atoms. The Kier molecular flexibility index (Phi) is 9.26. The highest BCUT2D eigenvalue weighted by Gasteiger charge is 2.36.